The molecule has 1 nitrogen and oxygen atoms in total. The topological polar surface area (TPSA) is 12.0 Å². The first-order chi connectivity index (χ1) is 7.77. The van der Waals surface area contributed by atoms with E-state index in [1.165, 1.54) is 44.9 Å². The molecular weight excluding hydrogens is 194 g/mol. The first-order valence-electron chi connectivity index (χ1n) is 7.20. The van der Waals surface area contributed by atoms with Crippen molar-refractivity contribution in [2.75, 3.05) is 6.54 Å². The fourth-order valence-electron chi connectivity index (χ4n) is 2.54. The van der Waals surface area contributed by atoms with E-state index in [0.717, 1.165) is 12.5 Å². The molecule has 0 bridgehead atoms. The van der Waals surface area contributed by atoms with Crippen molar-refractivity contribution in [3.8, 4) is 0 Å². The molecule has 0 amide bonds. The van der Waals surface area contributed by atoms with Crippen LogP contribution in [0.5, 0.6) is 0 Å². The molecule has 0 saturated heterocycles. The van der Waals surface area contributed by atoms with Crippen molar-refractivity contribution in [1.82, 2.24) is 5.32 Å². The second kappa shape index (κ2) is 7.89. The Labute approximate surface area is 102 Å². The Balaban J connectivity index is 2.55. The highest BCUT2D eigenvalue weighted by molar-refractivity contribution is 5.12. The van der Waals surface area contributed by atoms with Gasteiger partial charge in [0.25, 0.3) is 0 Å². The van der Waals surface area contributed by atoms with Crippen LogP contribution < -0.4 is 5.32 Å². The third-order valence-corrected chi connectivity index (χ3v) is 3.81. The molecule has 1 heteroatoms. The molecule has 1 N–H and O–H groups in total. The molecule has 94 valence electrons. The molecule has 0 aromatic carbocycles. The van der Waals surface area contributed by atoms with E-state index in [1.54, 1.807) is 5.57 Å². The second-order valence-electron chi connectivity index (χ2n) is 5.24. The van der Waals surface area contributed by atoms with Crippen LogP contribution in [0.2, 0.25) is 0 Å². The molecule has 0 aromatic heterocycles. The summed E-state index contributed by atoms with van der Waals surface area (Å²) in [6.07, 6.45) is 12.0. The van der Waals surface area contributed by atoms with Gasteiger partial charge in [0.05, 0.1) is 0 Å². The van der Waals surface area contributed by atoms with Gasteiger partial charge in [-0.15, -0.1) is 0 Å². The molecule has 2 atom stereocenters. The quantitative estimate of drug-likeness (QED) is 0.662. The average molecular weight is 223 g/mol. The minimum Gasteiger partial charge on any atom is -0.311 e. The molecule has 0 saturated carbocycles. The monoisotopic (exact) mass is 223 g/mol. The van der Waals surface area contributed by atoms with Crippen molar-refractivity contribution in [3.05, 3.63) is 11.6 Å². The standard InChI is InChI=1S/C15H29N/c1-4-13(3)12-15(16-5-2)14-10-8-6-7-9-11-14/h10,13,15-16H,4-9,11-12H2,1-3H3. The van der Waals surface area contributed by atoms with Gasteiger partial charge in [-0.2, -0.15) is 0 Å². The van der Waals surface area contributed by atoms with Crippen molar-refractivity contribution in [1.29, 1.82) is 0 Å². The van der Waals surface area contributed by atoms with E-state index < -0.39 is 0 Å². The van der Waals surface area contributed by atoms with E-state index in [-0.39, 0.29) is 0 Å². The summed E-state index contributed by atoms with van der Waals surface area (Å²) in [6, 6.07) is 0.651. The first kappa shape index (κ1) is 13.8. The molecule has 0 radical (unpaired) electrons. The lowest BCUT2D eigenvalue weighted by molar-refractivity contribution is 0.424. The molecule has 1 aliphatic carbocycles. The second-order valence-corrected chi connectivity index (χ2v) is 5.24. The summed E-state index contributed by atoms with van der Waals surface area (Å²) >= 11 is 0. The highest BCUT2D eigenvalue weighted by Crippen LogP contribution is 2.24. The Morgan fingerprint density at radius 3 is 2.75 bits per heavy atom. The van der Waals surface area contributed by atoms with E-state index in [2.05, 4.69) is 32.2 Å². The van der Waals surface area contributed by atoms with E-state index in [1.807, 2.05) is 0 Å². The van der Waals surface area contributed by atoms with E-state index in [0.29, 0.717) is 6.04 Å². The lowest BCUT2D eigenvalue weighted by Gasteiger charge is -2.24. The Hall–Kier alpha value is -0.300. The highest BCUT2D eigenvalue weighted by atomic mass is 14.9. The Morgan fingerprint density at radius 2 is 2.06 bits per heavy atom. The molecular formula is C15H29N. The van der Waals surface area contributed by atoms with Gasteiger partial charge in [-0.1, -0.05) is 45.3 Å². The van der Waals surface area contributed by atoms with Crippen LogP contribution in [0.4, 0.5) is 0 Å². The molecule has 1 rings (SSSR count). The summed E-state index contributed by atoms with van der Waals surface area (Å²) in [5, 5.41) is 3.68. The summed E-state index contributed by atoms with van der Waals surface area (Å²) in [7, 11) is 0. The zero-order valence-corrected chi connectivity index (χ0v) is 11.4. The number of hydrogen-bond donors (Lipinski definition) is 1. The van der Waals surface area contributed by atoms with Crippen LogP contribution in [-0.4, -0.2) is 12.6 Å². The normalized spacial score (nSPS) is 21.1. The number of nitrogens with one attached hydrogen (secondary N) is 1. The third kappa shape index (κ3) is 4.69. The maximum absolute atomic E-state index is 3.68. The van der Waals surface area contributed by atoms with Gasteiger partial charge >= 0.3 is 0 Å². The van der Waals surface area contributed by atoms with Crippen molar-refractivity contribution < 1.29 is 0 Å². The van der Waals surface area contributed by atoms with Gasteiger partial charge in [0, 0.05) is 6.04 Å². The molecule has 1 aliphatic rings. The van der Waals surface area contributed by atoms with Gasteiger partial charge < -0.3 is 5.32 Å². The molecule has 16 heavy (non-hydrogen) atoms. The van der Waals surface area contributed by atoms with Crippen LogP contribution in [0.15, 0.2) is 11.6 Å². The van der Waals surface area contributed by atoms with E-state index in [9.17, 15) is 0 Å². The SMILES string of the molecule is CCNC(CC(C)CC)C1=CCCCCC1. The Morgan fingerprint density at radius 1 is 1.25 bits per heavy atom. The summed E-state index contributed by atoms with van der Waals surface area (Å²) < 4.78 is 0. The van der Waals surface area contributed by atoms with Crippen molar-refractivity contribution in [2.24, 2.45) is 5.92 Å². The van der Waals surface area contributed by atoms with Gasteiger partial charge in [0.2, 0.25) is 0 Å². The summed E-state index contributed by atoms with van der Waals surface area (Å²) in [4.78, 5) is 0. The van der Waals surface area contributed by atoms with Crippen molar-refractivity contribution in [2.45, 2.75) is 71.8 Å². The van der Waals surface area contributed by atoms with Crippen LogP contribution in [0.25, 0.3) is 0 Å². The zero-order chi connectivity index (χ0) is 11.8. The molecule has 2 unspecified atom stereocenters. The number of allylic oxidation sites excluding steroid dienone is 1. The fraction of sp³-hybridized carbons (Fsp3) is 0.867. The van der Waals surface area contributed by atoms with Gasteiger partial charge in [-0.3, -0.25) is 0 Å². The zero-order valence-electron chi connectivity index (χ0n) is 11.4. The average Bonchev–Trinajstić information content (AvgIpc) is 2.56. The van der Waals surface area contributed by atoms with Crippen LogP contribution in [0.1, 0.15) is 65.7 Å². The maximum Gasteiger partial charge on any atom is 0.0281 e. The summed E-state index contributed by atoms with van der Waals surface area (Å²) in [6.45, 7) is 8.00. The van der Waals surface area contributed by atoms with Crippen molar-refractivity contribution in [3.63, 3.8) is 0 Å². The van der Waals surface area contributed by atoms with Crippen molar-refractivity contribution >= 4 is 0 Å². The Kier molecular flexibility index (Phi) is 6.79. The Bertz CT molecular complexity index is 207. The predicted octanol–water partition coefficient (Wildman–Crippen LogP) is 4.29. The smallest absolute Gasteiger partial charge is 0.0281 e. The molecule has 0 spiro atoms. The van der Waals surface area contributed by atoms with Gasteiger partial charge in [0.1, 0.15) is 0 Å². The third-order valence-electron chi connectivity index (χ3n) is 3.81. The van der Waals surface area contributed by atoms with Gasteiger partial charge in [0.15, 0.2) is 0 Å². The minimum absolute atomic E-state index is 0.651. The molecule has 0 heterocycles. The molecule has 0 aliphatic heterocycles. The fourth-order valence-corrected chi connectivity index (χ4v) is 2.54. The predicted molar refractivity (Wildman–Crippen MR) is 72.7 cm³/mol. The van der Waals surface area contributed by atoms with E-state index in [4.69, 9.17) is 0 Å². The molecule has 0 aromatic rings. The highest BCUT2D eigenvalue weighted by Gasteiger charge is 2.16. The van der Waals surface area contributed by atoms with Gasteiger partial charge in [-0.25, -0.2) is 0 Å². The number of hydrogen-bond acceptors (Lipinski definition) is 1. The summed E-state index contributed by atoms with van der Waals surface area (Å²) in [5.41, 5.74) is 1.69. The summed E-state index contributed by atoms with van der Waals surface area (Å²) in [5.74, 6) is 0.841. The maximum atomic E-state index is 3.68. The van der Waals surface area contributed by atoms with Crippen LogP contribution in [-0.2, 0) is 0 Å². The number of rotatable bonds is 6. The van der Waals surface area contributed by atoms with Gasteiger partial charge in [-0.05, 0) is 44.6 Å². The van der Waals surface area contributed by atoms with Crippen LogP contribution in [0.3, 0.4) is 0 Å². The van der Waals surface area contributed by atoms with Crippen LogP contribution in [0, 0.1) is 5.92 Å². The largest absolute Gasteiger partial charge is 0.311 e. The lowest BCUT2D eigenvalue weighted by atomic mass is 9.92. The molecule has 0 fully saturated rings. The lowest BCUT2D eigenvalue weighted by Crippen LogP contribution is -2.32. The number of likely N-dealkylation sites (N-methyl/N-ethyl adjacent to an activating group) is 1. The minimum atomic E-state index is 0.651. The first-order valence-corrected chi connectivity index (χ1v) is 7.20. The van der Waals surface area contributed by atoms with Crippen LogP contribution >= 0.6 is 0 Å². The van der Waals surface area contributed by atoms with E-state index >= 15 is 0 Å².